The summed E-state index contributed by atoms with van der Waals surface area (Å²) in [5.41, 5.74) is 5.85. The number of carbonyl (C=O) groups is 1. The van der Waals surface area contributed by atoms with Crippen molar-refractivity contribution in [2.45, 2.75) is 13.3 Å². The van der Waals surface area contributed by atoms with Crippen molar-refractivity contribution in [1.82, 2.24) is 4.98 Å². The first-order valence-corrected chi connectivity index (χ1v) is 9.99. The molecule has 30 heavy (non-hydrogen) atoms. The number of hydrogen-bond donors (Lipinski definition) is 2. The van der Waals surface area contributed by atoms with Crippen LogP contribution in [0, 0.1) is 6.92 Å². The molecule has 1 aromatic heterocycles. The Bertz CT molecular complexity index is 1320. The number of rotatable bonds is 2. The summed E-state index contributed by atoms with van der Waals surface area (Å²) in [6.07, 6.45) is 2.63. The topological polar surface area (TPSA) is 65.2 Å². The molecule has 0 fully saturated rings. The Balaban J connectivity index is 1.41. The molecule has 5 nitrogen and oxygen atoms in total. The van der Waals surface area contributed by atoms with E-state index in [1.54, 1.807) is 11.1 Å². The van der Waals surface area contributed by atoms with Crippen molar-refractivity contribution in [2.24, 2.45) is 0 Å². The SMILES string of the molecule is Cc1ccc2c(=O)[nH]cc(-c3ccc(NC(=O)N4CCc5ccccc54)cc3)c2c1. The highest BCUT2D eigenvalue weighted by atomic mass is 16.2. The summed E-state index contributed by atoms with van der Waals surface area (Å²) in [6, 6.07) is 21.4. The van der Waals surface area contributed by atoms with Gasteiger partial charge in [0.25, 0.3) is 5.56 Å². The number of urea groups is 1. The average molecular weight is 395 g/mol. The van der Waals surface area contributed by atoms with Crippen molar-refractivity contribution in [1.29, 1.82) is 0 Å². The molecule has 0 saturated carbocycles. The first kappa shape index (κ1) is 18.2. The third kappa shape index (κ3) is 3.14. The van der Waals surface area contributed by atoms with Gasteiger partial charge < -0.3 is 10.3 Å². The van der Waals surface area contributed by atoms with Gasteiger partial charge in [-0.05, 0) is 54.1 Å². The van der Waals surface area contributed by atoms with Gasteiger partial charge in [0.2, 0.25) is 0 Å². The number of fused-ring (bicyclic) bond motifs is 2. The van der Waals surface area contributed by atoms with Crippen LogP contribution in [0.4, 0.5) is 16.2 Å². The van der Waals surface area contributed by atoms with Crippen molar-refractivity contribution < 1.29 is 4.79 Å². The van der Waals surface area contributed by atoms with Crippen LogP contribution in [0.5, 0.6) is 0 Å². The van der Waals surface area contributed by atoms with E-state index in [2.05, 4.69) is 16.4 Å². The van der Waals surface area contributed by atoms with Crippen LogP contribution in [0.25, 0.3) is 21.9 Å². The number of anilines is 2. The second-order valence-electron chi connectivity index (χ2n) is 7.62. The summed E-state index contributed by atoms with van der Waals surface area (Å²) in [4.78, 5) is 29.5. The molecule has 2 N–H and O–H groups in total. The van der Waals surface area contributed by atoms with Gasteiger partial charge in [-0.25, -0.2) is 4.79 Å². The standard InChI is InChI=1S/C25H21N3O2/c1-16-6-11-20-21(14-16)22(15-26-24(20)29)17-7-9-19(10-8-17)27-25(30)28-13-12-18-4-2-3-5-23(18)28/h2-11,14-15H,12-13H2,1H3,(H,26,29)(H,27,30). The number of aromatic amines is 1. The van der Waals surface area contributed by atoms with Crippen LogP contribution in [-0.4, -0.2) is 17.6 Å². The predicted octanol–water partition coefficient (Wildman–Crippen LogP) is 5.10. The van der Waals surface area contributed by atoms with Crippen LogP contribution < -0.4 is 15.8 Å². The van der Waals surface area contributed by atoms with Crippen LogP contribution in [-0.2, 0) is 6.42 Å². The van der Waals surface area contributed by atoms with Gasteiger partial charge in [0.15, 0.2) is 0 Å². The number of carbonyl (C=O) groups excluding carboxylic acids is 1. The Hall–Kier alpha value is -3.86. The summed E-state index contributed by atoms with van der Waals surface area (Å²) in [7, 11) is 0. The highest BCUT2D eigenvalue weighted by Gasteiger charge is 2.24. The summed E-state index contributed by atoms with van der Waals surface area (Å²) >= 11 is 0. The molecule has 0 atom stereocenters. The number of aromatic nitrogens is 1. The molecule has 0 saturated heterocycles. The molecule has 0 radical (unpaired) electrons. The molecule has 0 unspecified atom stereocenters. The second kappa shape index (κ2) is 7.19. The summed E-state index contributed by atoms with van der Waals surface area (Å²) in [6.45, 7) is 2.70. The number of benzene rings is 3. The molecule has 2 amide bonds. The molecule has 5 rings (SSSR count). The van der Waals surface area contributed by atoms with Gasteiger partial charge in [-0.3, -0.25) is 9.69 Å². The smallest absolute Gasteiger partial charge is 0.326 e. The molecule has 4 aromatic rings. The lowest BCUT2D eigenvalue weighted by Crippen LogP contribution is -2.33. The predicted molar refractivity (Wildman–Crippen MR) is 121 cm³/mol. The third-order valence-corrected chi connectivity index (χ3v) is 5.64. The molecular formula is C25H21N3O2. The lowest BCUT2D eigenvalue weighted by Gasteiger charge is -2.18. The van der Waals surface area contributed by atoms with Gasteiger partial charge in [0.05, 0.1) is 0 Å². The maximum atomic E-state index is 12.8. The number of nitrogens with zero attached hydrogens (tertiary/aromatic N) is 1. The van der Waals surface area contributed by atoms with E-state index in [1.165, 1.54) is 5.56 Å². The monoisotopic (exact) mass is 395 g/mol. The summed E-state index contributed by atoms with van der Waals surface area (Å²) in [5, 5.41) is 4.58. The number of hydrogen-bond acceptors (Lipinski definition) is 2. The lowest BCUT2D eigenvalue weighted by molar-refractivity contribution is 0.257. The van der Waals surface area contributed by atoms with Gasteiger partial charge in [-0.15, -0.1) is 0 Å². The second-order valence-corrected chi connectivity index (χ2v) is 7.62. The van der Waals surface area contributed by atoms with Crippen molar-refractivity contribution >= 4 is 28.2 Å². The van der Waals surface area contributed by atoms with Crippen molar-refractivity contribution in [3.8, 4) is 11.1 Å². The molecule has 0 aliphatic carbocycles. The highest BCUT2D eigenvalue weighted by molar-refractivity contribution is 6.03. The molecule has 3 aromatic carbocycles. The van der Waals surface area contributed by atoms with E-state index in [4.69, 9.17) is 0 Å². The minimum atomic E-state index is -0.127. The van der Waals surface area contributed by atoms with E-state index < -0.39 is 0 Å². The molecular weight excluding hydrogens is 374 g/mol. The zero-order chi connectivity index (χ0) is 20.7. The van der Waals surface area contributed by atoms with Crippen LogP contribution in [0.15, 0.2) is 77.7 Å². The highest BCUT2D eigenvalue weighted by Crippen LogP contribution is 2.30. The molecule has 0 bridgehead atoms. The van der Waals surface area contributed by atoms with Crippen LogP contribution >= 0.6 is 0 Å². The van der Waals surface area contributed by atoms with E-state index in [-0.39, 0.29) is 11.6 Å². The quantitative estimate of drug-likeness (QED) is 0.496. The zero-order valence-electron chi connectivity index (χ0n) is 16.6. The first-order chi connectivity index (χ1) is 14.6. The zero-order valence-corrected chi connectivity index (χ0v) is 16.6. The molecule has 1 aliphatic heterocycles. The van der Waals surface area contributed by atoms with E-state index >= 15 is 0 Å². The fraction of sp³-hybridized carbons (Fsp3) is 0.120. The van der Waals surface area contributed by atoms with Crippen LogP contribution in [0.3, 0.4) is 0 Å². The van der Waals surface area contributed by atoms with E-state index in [0.29, 0.717) is 11.9 Å². The number of para-hydroxylation sites is 1. The van der Waals surface area contributed by atoms with Crippen molar-refractivity contribution in [3.63, 3.8) is 0 Å². The van der Waals surface area contributed by atoms with Crippen molar-refractivity contribution in [3.05, 3.63) is 94.4 Å². The normalized spacial score (nSPS) is 12.8. The van der Waals surface area contributed by atoms with Gasteiger partial charge in [-0.2, -0.15) is 0 Å². The number of pyridine rings is 1. The Morgan fingerprint density at radius 1 is 1.00 bits per heavy atom. The van der Waals surface area contributed by atoms with Gasteiger partial charge in [0, 0.05) is 35.1 Å². The lowest BCUT2D eigenvalue weighted by atomic mass is 9.99. The first-order valence-electron chi connectivity index (χ1n) is 9.99. The fourth-order valence-electron chi connectivity index (χ4n) is 4.08. The number of H-pyrrole nitrogens is 1. The Morgan fingerprint density at radius 2 is 1.80 bits per heavy atom. The van der Waals surface area contributed by atoms with E-state index in [1.807, 2.05) is 67.6 Å². The van der Waals surface area contributed by atoms with Crippen LogP contribution in [0.2, 0.25) is 0 Å². The largest absolute Gasteiger partial charge is 0.328 e. The van der Waals surface area contributed by atoms with Gasteiger partial charge in [0.1, 0.15) is 0 Å². The van der Waals surface area contributed by atoms with Crippen molar-refractivity contribution in [2.75, 3.05) is 16.8 Å². The minimum absolute atomic E-state index is 0.0940. The number of amides is 2. The Kier molecular flexibility index (Phi) is 4.36. The maximum absolute atomic E-state index is 12.8. The molecule has 2 heterocycles. The Morgan fingerprint density at radius 3 is 2.63 bits per heavy atom. The molecule has 0 spiro atoms. The summed E-state index contributed by atoms with van der Waals surface area (Å²) in [5.74, 6) is 0. The van der Waals surface area contributed by atoms with E-state index in [9.17, 15) is 9.59 Å². The number of aryl methyl sites for hydroxylation is 1. The van der Waals surface area contributed by atoms with Crippen LogP contribution in [0.1, 0.15) is 11.1 Å². The number of nitrogens with one attached hydrogen (secondary N) is 2. The van der Waals surface area contributed by atoms with E-state index in [0.717, 1.165) is 39.9 Å². The molecule has 148 valence electrons. The fourth-order valence-corrected chi connectivity index (χ4v) is 4.08. The average Bonchev–Trinajstić information content (AvgIpc) is 3.19. The maximum Gasteiger partial charge on any atom is 0.326 e. The molecule has 1 aliphatic rings. The van der Waals surface area contributed by atoms with Gasteiger partial charge >= 0.3 is 6.03 Å². The van der Waals surface area contributed by atoms with Gasteiger partial charge in [-0.1, -0.05) is 48.0 Å². The minimum Gasteiger partial charge on any atom is -0.328 e. The molecule has 5 heteroatoms. The Labute approximate surface area is 174 Å². The summed E-state index contributed by atoms with van der Waals surface area (Å²) < 4.78 is 0. The third-order valence-electron chi connectivity index (χ3n) is 5.64.